The Labute approximate surface area is 140 Å². The Bertz CT molecular complexity index is 772. The number of benzene rings is 1. The summed E-state index contributed by atoms with van der Waals surface area (Å²) in [7, 11) is -1.51. The highest BCUT2D eigenvalue weighted by molar-refractivity contribution is 7.88. The molecule has 0 amide bonds. The third-order valence-corrected chi connectivity index (χ3v) is 6.38. The monoisotopic (exact) mass is 353 g/mol. The van der Waals surface area contributed by atoms with Crippen LogP contribution in [0.25, 0.3) is 10.6 Å². The van der Waals surface area contributed by atoms with Crippen LogP contribution in [-0.4, -0.2) is 49.4 Å². The Morgan fingerprint density at radius 1 is 1.26 bits per heavy atom. The van der Waals surface area contributed by atoms with E-state index in [9.17, 15) is 8.42 Å². The maximum atomic E-state index is 11.7. The first kappa shape index (κ1) is 16.4. The molecule has 1 aromatic heterocycles. The molecule has 2 aromatic rings. The van der Waals surface area contributed by atoms with Crippen LogP contribution in [0.4, 0.5) is 0 Å². The van der Waals surface area contributed by atoms with E-state index in [1.54, 1.807) is 7.11 Å². The predicted molar refractivity (Wildman–Crippen MR) is 90.3 cm³/mol. The van der Waals surface area contributed by atoms with Crippen molar-refractivity contribution in [2.45, 2.75) is 18.8 Å². The van der Waals surface area contributed by atoms with E-state index in [-0.39, 0.29) is 5.92 Å². The third-order valence-electron chi connectivity index (χ3n) is 3.98. The van der Waals surface area contributed by atoms with Crippen LogP contribution in [0.2, 0.25) is 0 Å². The smallest absolute Gasteiger partial charge is 0.211 e. The van der Waals surface area contributed by atoms with Gasteiger partial charge in [0.15, 0.2) is 0 Å². The average Bonchev–Trinajstić information content (AvgIpc) is 3.04. The number of methoxy groups -OCH3 is 1. The number of aromatic nitrogens is 2. The molecule has 1 aliphatic heterocycles. The van der Waals surface area contributed by atoms with Gasteiger partial charge >= 0.3 is 0 Å². The zero-order valence-electron chi connectivity index (χ0n) is 13.1. The van der Waals surface area contributed by atoms with Gasteiger partial charge in [-0.15, -0.1) is 10.2 Å². The minimum atomic E-state index is -3.14. The molecule has 1 aliphatic rings. The predicted octanol–water partition coefficient (Wildman–Crippen LogP) is 2.35. The third kappa shape index (κ3) is 3.70. The highest BCUT2D eigenvalue weighted by Gasteiger charge is 2.29. The molecule has 1 fully saturated rings. The lowest BCUT2D eigenvalue weighted by Crippen LogP contribution is -2.38. The summed E-state index contributed by atoms with van der Waals surface area (Å²) in [5, 5.41) is 10.3. The van der Waals surface area contributed by atoms with Crippen molar-refractivity contribution in [1.29, 1.82) is 0 Å². The molecule has 1 atom stereocenters. The van der Waals surface area contributed by atoms with E-state index in [1.165, 1.54) is 21.9 Å². The average molecular weight is 353 g/mol. The van der Waals surface area contributed by atoms with Gasteiger partial charge in [0.05, 0.1) is 13.4 Å². The standard InChI is InChI=1S/C15H19N3O3S2/c1-21-13-7-5-11(6-8-13)14-16-17-15(22-14)12-4-3-9-18(10-12)23(2,19)20/h5-8,12H,3-4,9-10H2,1-2H3/t12-/m1/s1. The van der Waals surface area contributed by atoms with Gasteiger partial charge in [0, 0.05) is 24.6 Å². The largest absolute Gasteiger partial charge is 0.497 e. The summed E-state index contributed by atoms with van der Waals surface area (Å²) < 4.78 is 30.2. The van der Waals surface area contributed by atoms with Crippen LogP contribution < -0.4 is 4.74 Å². The van der Waals surface area contributed by atoms with Crippen LogP contribution in [0.5, 0.6) is 5.75 Å². The summed E-state index contributed by atoms with van der Waals surface area (Å²) in [6.45, 7) is 1.09. The second-order valence-corrected chi connectivity index (χ2v) is 8.63. The molecule has 0 saturated carbocycles. The maximum absolute atomic E-state index is 11.7. The minimum absolute atomic E-state index is 0.128. The summed E-state index contributed by atoms with van der Waals surface area (Å²) in [6.07, 6.45) is 3.07. The first-order valence-electron chi connectivity index (χ1n) is 7.40. The fourth-order valence-electron chi connectivity index (χ4n) is 2.70. The summed E-state index contributed by atoms with van der Waals surface area (Å²) in [6, 6.07) is 7.68. The normalized spacial score (nSPS) is 19.7. The quantitative estimate of drug-likeness (QED) is 0.844. The van der Waals surface area contributed by atoms with Crippen LogP contribution in [0.15, 0.2) is 24.3 Å². The SMILES string of the molecule is COc1ccc(-c2nnc([C@@H]3CCCN(S(C)(=O)=O)C3)s2)cc1. The van der Waals surface area contributed by atoms with Crippen molar-refractivity contribution in [2.75, 3.05) is 26.5 Å². The number of nitrogens with zero attached hydrogens (tertiary/aromatic N) is 3. The number of hydrogen-bond acceptors (Lipinski definition) is 6. The first-order valence-corrected chi connectivity index (χ1v) is 10.1. The molecule has 1 aromatic carbocycles. The molecule has 23 heavy (non-hydrogen) atoms. The highest BCUT2D eigenvalue weighted by atomic mass is 32.2. The number of rotatable bonds is 4. The van der Waals surface area contributed by atoms with Crippen molar-refractivity contribution >= 4 is 21.4 Å². The van der Waals surface area contributed by atoms with E-state index >= 15 is 0 Å². The Morgan fingerprint density at radius 3 is 2.65 bits per heavy atom. The minimum Gasteiger partial charge on any atom is -0.497 e. The second kappa shape index (κ2) is 6.54. The molecule has 2 heterocycles. The Balaban J connectivity index is 1.78. The maximum Gasteiger partial charge on any atom is 0.211 e. The molecule has 3 rings (SSSR count). The second-order valence-electron chi connectivity index (χ2n) is 5.63. The fourth-order valence-corrected chi connectivity index (χ4v) is 4.58. The molecule has 0 aliphatic carbocycles. The first-order chi connectivity index (χ1) is 11.0. The lowest BCUT2D eigenvalue weighted by atomic mass is 10.0. The van der Waals surface area contributed by atoms with Crippen molar-refractivity contribution in [1.82, 2.24) is 14.5 Å². The molecule has 124 valence electrons. The summed E-state index contributed by atoms with van der Waals surface area (Å²) >= 11 is 1.53. The topological polar surface area (TPSA) is 72.4 Å². The lowest BCUT2D eigenvalue weighted by molar-refractivity contribution is 0.316. The van der Waals surface area contributed by atoms with E-state index in [2.05, 4.69) is 10.2 Å². The van der Waals surface area contributed by atoms with Crippen LogP contribution in [-0.2, 0) is 10.0 Å². The Hall–Kier alpha value is -1.51. The molecule has 0 radical (unpaired) electrons. The van der Waals surface area contributed by atoms with E-state index in [1.807, 2.05) is 24.3 Å². The van der Waals surface area contributed by atoms with Gasteiger partial charge in [-0.25, -0.2) is 12.7 Å². The molecule has 0 spiro atoms. The van der Waals surface area contributed by atoms with Gasteiger partial charge in [-0.2, -0.15) is 0 Å². The van der Waals surface area contributed by atoms with Crippen LogP contribution in [0, 0.1) is 0 Å². The summed E-state index contributed by atoms with van der Waals surface area (Å²) in [4.78, 5) is 0. The molecule has 0 bridgehead atoms. The fraction of sp³-hybridized carbons (Fsp3) is 0.467. The summed E-state index contributed by atoms with van der Waals surface area (Å²) in [5.41, 5.74) is 0.991. The van der Waals surface area contributed by atoms with Gasteiger partial charge in [-0.1, -0.05) is 11.3 Å². The van der Waals surface area contributed by atoms with E-state index < -0.39 is 10.0 Å². The van der Waals surface area contributed by atoms with Gasteiger partial charge in [0.2, 0.25) is 10.0 Å². The zero-order valence-corrected chi connectivity index (χ0v) is 14.7. The van der Waals surface area contributed by atoms with E-state index in [0.29, 0.717) is 13.1 Å². The van der Waals surface area contributed by atoms with E-state index in [0.717, 1.165) is 34.2 Å². The van der Waals surface area contributed by atoms with E-state index in [4.69, 9.17) is 4.74 Å². The highest BCUT2D eigenvalue weighted by Crippen LogP contribution is 2.33. The van der Waals surface area contributed by atoms with Gasteiger partial charge in [0.1, 0.15) is 15.8 Å². The van der Waals surface area contributed by atoms with Crippen molar-refractivity contribution < 1.29 is 13.2 Å². The van der Waals surface area contributed by atoms with Crippen LogP contribution in [0.1, 0.15) is 23.8 Å². The van der Waals surface area contributed by atoms with Crippen molar-refractivity contribution in [3.63, 3.8) is 0 Å². The van der Waals surface area contributed by atoms with Gasteiger partial charge in [-0.05, 0) is 37.1 Å². The zero-order chi connectivity index (χ0) is 16.4. The van der Waals surface area contributed by atoms with Crippen molar-refractivity contribution in [3.8, 4) is 16.3 Å². The molecular weight excluding hydrogens is 334 g/mol. The molecule has 6 nitrogen and oxygen atoms in total. The molecule has 8 heteroatoms. The lowest BCUT2D eigenvalue weighted by Gasteiger charge is -2.29. The number of sulfonamides is 1. The Morgan fingerprint density at radius 2 is 2.00 bits per heavy atom. The molecule has 0 unspecified atom stereocenters. The molecule has 1 saturated heterocycles. The number of hydrogen-bond donors (Lipinski definition) is 0. The van der Waals surface area contributed by atoms with Gasteiger partial charge in [0.25, 0.3) is 0 Å². The summed E-state index contributed by atoms with van der Waals surface area (Å²) in [5.74, 6) is 0.928. The van der Waals surface area contributed by atoms with Crippen LogP contribution >= 0.6 is 11.3 Å². The van der Waals surface area contributed by atoms with Crippen molar-refractivity contribution in [3.05, 3.63) is 29.3 Å². The molecule has 0 N–H and O–H groups in total. The van der Waals surface area contributed by atoms with Crippen molar-refractivity contribution in [2.24, 2.45) is 0 Å². The Kier molecular flexibility index (Phi) is 4.65. The number of piperidine rings is 1. The number of ether oxygens (including phenoxy) is 1. The molecular formula is C15H19N3O3S2. The van der Waals surface area contributed by atoms with Gasteiger partial charge in [-0.3, -0.25) is 0 Å². The van der Waals surface area contributed by atoms with Gasteiger partial charge < -0.3 is 4.74 Å². The van der Waals surface area contributed by atoms with Crippen LogP contribution in [0.3, 0.4) is 0 Å².